The third kappa shape index (κ3) is 2.18. The molecule has 17 heavy (non-hydrogen) atoms. The zero-order valence-corrected chi connectivity index (χ0v) is 11.0. The van der Waals surface area contributed by atoms with Crippen LogP contribution >= 0.6 is 11.3 Å². The van der Waals surface area contributed by atoms with E-state index in [2.05, 4.69) is 38.3 Å². The van der Waals surface area contributed by atoms with Gasteiger partial charge in [0.15, 0.2) is 0 Å². The van der Waals surface area contributed by atoms with Crippen molar-refractivity contribution in [1.82, 2.24) is 5.43 Å². The second-order valence-electron chi connectivity index (χ2n) is 5.08. The average Bonchev–Trinajstić information content (AvgIpc) is 2.69. The van der Waals surface area contributed by atoms with Crippen LogP contribution in [0.5, 0.6) is 0 Å². The van der Waals surface area contributed by atoms with Gasteiger partial charge < -0.3 is 0 Å². The van der Waals surface area contributed by atoms with Gasteiger partial charge in [0, 0.05) is 15.5 Å². The summed E-state index contributed by atoms with van der Waals surface area (Å²) in [5.74, 6) is 4.92. The minimum Gasteiger partial charge on any atom is -0.290 e. The summed E-state index contributed by atoms with van der Waals surface area (Å²) in [7, 11) is 0. The van der Waals surface area contributed by atoms with E-state index >= 15 is 0 Å². The zero-order chi connectivity index (χ0) is 12.6. The first-order valence-electron chi connectivity index (χ1n) is 5.46. The SMILES string of the molecule is CC(C)(C)c1ccc2c(C(=O)NN)csc2c1. The zero-order valence-electron chi connectivity index (χ0n) is 10.2. The molecule has 2 rings (SSSR count). The standard InChI is InChI=1S/C13H16N2OS/c1-13(2,3)8-4-5-9-10(12(16)15-14)7-17-11(9)6-8/h4-7H,14H2,1-3H3,(H,15,16). The number of amides is 1. The van der Waals surface area contributed by atoms with Crippen LogP contribution < -0.4 is 11.3 Å². The molecular weight excluding hydrogens is 232 g/mol. The molecule has 0 saturated heterocycles. The molecule has 0 aliphatic rings. The Bertz CT molecular complexity index is 566. The van der Waals surface area contributed by atoms with Gasteiger partial charge in [-0.15, -0.1) is 11.3 Å². The highest BCUT2D eigenvalue weighted by molar-refractivity contribution is 7.17. The van der Waals surface area contributed by atoms with Crippen LogP contribution in [0.2, 0.25) is 0 Å². The molecule has 0 fully saturated rings. The summed E-state index contributed by atoms with van der Waals surface area (Å²) in [6.07, 6.45) is 0. The summed E-state index contributed by atoms with van der Waals surface area (Å²) in [4.78, 5) is 11.5. The molecule has 1 heterocycles. The minimum absolute atomic E-state index is 0.120. The molecule has 0 radical (unpaired) electrons. The second-order valence-corrected chi connectivity index (χ2v) is 6.00. The number of rotatable bonds is 1. The quantitative estimate of drug-likeness (QED) is 0.463. The van der Waals surface area contributed by atoms with E-state index < -0.39 is 0 Å². The van der Waals surface area contributed by atoms with Crippen molar-refractivity contribution in [3.8, 4) is 0 Å². The second kappa shape index (κ2) is 4.13. The summed E-state index contributed by atoms with van der Waals surface area (Å²) < 4.78 is 1.12. The van der Waals surface area contributed by atoms with Crippen LogP contribution in [0.25, 0.3) is 10.1 Å². The molecule has 0 unspecified atom stereocenters. The van der Waals surface area contributed by atoms with Crippen molar-refractivity contribution < 1.29 is 4.79 Å². The van der Waals surface area contributed by atoms with Gasteiger partial charge in [0.25, 0.3) is 5.91 Å². The Balaban J connectivity index is 2.56. The lowest BCUT2D eigenvalue weighted by Crippen LogP contribution is -2.29. The molecule has 0 aliphatic heterocycles. The minimum atomic E-state index is -0.236. The van der Waals surface area contributed by atoms with Crippen molar-refractivity contribution in [2.24, 2.45) is 5.84 Å². The van der Waals surface area contributed by atoms with Gasteiger partial charge in [0.1, 0.15) is 0 Å². The number of hydrogen-bond acceptors (Lipinski definition) is 3. The first-order valence-corrected chi connectivity index (χ1v) is 6.34. The van der Waals surface area contributed by atoms with Crippen molar-refractivity contribution >= 4 is 27.3 Å². The highest BCUT2D eigenvalue weighted by Crippen LogP contribution is 2.31. The lowest BCUT2D eigenvalue weighted by Gasteiger charge is -2.18. The third-order valence-corrected chi connectivity index (χ3v) is 3.76. The van der Waals surface area contributed by atoms with Gasteiger partial charge >= 0.3 is 0 Å². The third-order valence-electron chi connectivity index (χ3n) is 2.82. The average molecular weight is 248 g/mol. The molecule has 90 valence electrons. The highest BCUT2D eigenvalue weighted by Gasteiger charge is 2.16. The summed E-state index contributed by atoms with van der Waals surface area (Å²) >= 11 is 1.57. The van der Waals surface area contributed by atoms with Gasteiger partial charge in [-0.2, -0.15) is 0 Å². The number of hydrogen-bond donors (Lipinski definition) is 2. The number of hydrazine groups is 1. The Morgan fingerprint density at radius 3 is 2.65 bits per heavy atom. The van der Waals surface area contributed by atoms with Crippen LogP contribution in [0.1, 0.15) is 36.7 Å². The molecule has 3 N–H and O–H groups in total. The number of carbonyl (C=O) groups excluding carboxylic acids is 1. The van der Waals surface area contributed by atoms with E-state index in [0.29, 0.717) is 5.56 Å². The maximum Gasteiger partial charge on any atom is 0.266 e. The van der Waals surface area contributed by atoms with Crippen molar-refractivity contribution in [2.75, 3.05) is 0 Å². The monoisotopic (exact) mass is 248 g/mol. The van der Waals surface area contributed by atoms with E-state index in [1.807, 2.05) is 11.4 Å². The molecule has 0 bridgehead atoms. The molecule has 0 aliphatic carbocycles. The number of carbonyl (C=O) groups is 1. The first-order chi connectivity index (χ1) is 7.93. The predicted molar refractivity (Wildman–Crippen MR) is 72.2 cm³/mol. The normalized spacial score (nSPS) is 11.8. The highest BCUT2D eigenvalue weighted by atomic mass is 32.1. The van der Waals surface area contributed by atoms with Gasteiger partial charge in [0.05, 0.1) is 5.56 Å². The Labute approximate surface area is 105 Å². The van der Waals surface area contributed by atoms with Crippen molar-refractivity contribution in [1.29, 1.82) is 0 Å². The van der Waals surface area contributed by atoms with Crippen LogP contribution in [0.15, 0.2) is 23.6 Å². The number of nitrogen functional groups attached to an aromatic ring is 1. The van der Waals surface area contributed by atoms with E-state index in [0.717, 1.165) is 10.1 Å². The van der Waals surface area contributed by atoms with E-state index in [-0.39, 0.29) is 11.3 Å². The number of nitrogens with one attached hydrogen (secondary N) is 1. The molecule has 1 aromatic heterocycles. The smallest absolute Gasteiger partial charge is 0.266 e. The van der Waals surface area contributed by atoms with Crippen LogP contribution in [-0.2, 0) is 5.41 Å². The van der Waals surface area contributed by atoms with Crippen LogP contribution in [0.3, 0.4) is 0 Å². The number of fused-ring (bicyclic) bond motifs is 1. The lowest BCUT2D eigenvalue weighted by molar-refractivity contribution is 0.0955. The molecule has 0 spiro atoms. The topological polar surface area (TPSA) is 55.1 Å². The van der Waals surface area contributed by atoms with Crippen molar-refractivity contribution in [2.45, 2.75) is 26.2 Å². The van der Waals surface area contributed by atoms with Crippen LogP contribution in [0, 0.1) is 0 Å². The fraction of sp³-hybridized carbons (Fsp3) is 0.308. The van der Waals surface area contributed by atoms with Gasteiger partial charge in [-0.1, -0.05) is 32.9 Å². The molecule has 1 aromatic carbocycles. The lowest BCUT2D eigenvalue weighted by atomic mass is 9.87. The Hall–Kier alpha value is -1.39. The van der Waals surface area contributed by atoms with Crippen LogP contribution in [0.4, 0.5) is 0 Å². The van der Waals surface area contributed by atoms with Crippen molar-refractivity contribution in [3.63, 3.8) is 0 Å². The number of nitrogens with two attached hydrogens (primary N) is 1. The van der Waals surface area contributed by atoms with Gasteiger partial charge in [-0.25, -0.2) is 5.84 Å². The Kier molecular flexibility index (Phi) is 2.93. The van der Waals surface area contributed by atoms with E-state index in [4.69, 9.17) is 5.84 Å². The molecule has 1 amide bonds. The Morgan fingerprint density at radius 1 is 1.35 bits per heavy atom. The molecule has 2 aromatic rings. The molecule has 0 atom stereocenters. The number of benzene rings is 1. The van der Waals surface area contributed by atoms with Crippen LogP contribution in [-0.4, -0.2) is 5.91 Å². The molecule has 0 saturated carbocycles. The summed E-state index contributed by atoms with van der Waals surface area (Å²) in [5.41, 5.74) is 4.21. The molecule has 3 nitrogen and oxygen atoms in total. The Morgan fingerprint density at radius 2 is 2.06 bits per heavy atom. The molecule has 4 heteroatoms. The van der Waals surface area contributed by atoms with Crippen molar-refractivity contribution in [3.05, 3.63) is 34.7 Å². The summed E-state index contributed by atoms with van der Waals surface area (Å²) in [5, 5.41) is 2.81. The predicted octanol–water partition coefficient (Wildman–Crippen LogP) is 2.80. The maximum atomic E-state index is 11.5. The fourth-order valence-corrected chi connectivity index (χ4v) is 2.73. The fourth-order valence-electron chi connectivity index (χ4n) is 1.75. The first kappa shape index (κ1) is 12.1. The van der Waals surface area contributed by atoms with E-state index in [9.17, 15) is 4.79 Å². The summed E-state index contributed by atoms with van der Waals surface area (Å²) in [6, 6.07) is 6.21. The summed E-state index contributed by atoms with van der Waals surface area (Å²) in [6.45, 7) is 6.53. The largest absolute Gasteiger partial charge is 0.290 e. The van der Waals surface area contributed by atoms with Gasteiger partial charge in [0.2, 0.25) is 0 Å². The molecular formula is C13H16N2OS. The van der Waals surface area contributed by atoms with Gasteiger partial charge in [-0.3, -0.25) is 10.2 Å². The van der Waals surface area contributed by atoms with Gasteiger partial charge in [-0.05, 0) is 17.0 Å². The van der Waals surface area contributed by atoms with E-state index in [1.54, 1.807) is 11.3 Å². The number of thiophene rings is 1. The maximum absolute atomic E-state index is 11.5. The van der Waals surface area contributed by atoms with E-state index in [1.165, 1.54) is 5.56 Å².